The van der Waals surface area contributed by atoms with E-state index >= 15 is 0 Å². The molecule has 2 heterocycles. The Balaban J connectivity index is 2.27. The molecule has 0 aromatic carbocycles. The van der Waals surface area contributed by atoms with Crippen LogP contribution in [0.2, 0.25) is 0 Å². The van der Waals surface area contributed by atoms with Crippen molar-refractivity contribution in [1.29, 1.82) is 0 Å². The van der Waals surface area contributed by atoms with Crippen molar-refractivity contribution in [2.45, 2.75) is 20.4 Å². The average molecular weight is 289 g/mol. The minimum Gasteiger partial charge on any atom is -0.287 e. The molecule has 0 radical (unpaired) electrons. The van der Waals surface area contributed by atoms with Gasteiger partial charge in [0.1, 0.15) is 6.20 Å². The Hall–Kier alpha value is -2.77. The summed E-state index contributed by atoms with van der Waals surface area (Å²) in [6, 6.07) is 0. The number of ketones is 1. The third-order valence-corrected chi connectivity index (χ3v) is 3.09. The number of hydrogen-bond donors (Lipinski definition) is 0. The summed E-state index contributed by atoms with van der Waals surface area (Å²) in [6.45, 7) is 4.60. The van der Waals surface area contributed by atoms with Gasteiger partial charge in [-0.1, -0.05) is 0 Å². The first kappa shape index (κ1) is 14.6. The maximum atomic E-state index is 12.0. The Labute approximate surface area is 120 Å². The summed E-state index contributed by atoms with van der Waals surface area (Å²) >= 11 is 0. The van der Waals surface area contributed by atoms with Crippen molar-refractivity contribution in [3.05, 3.63) is 45.5 Å². The largest absolute Gasteiger partial charge is 0.318 e. The van der Waals surface area contributed by atoms with Crippen molar-refractivity contribution in [2.24, 2.45) is 7.05 Å². The SMILES string of the molecule is CCn1ncc(/C=C/C(=O)c2nn(C)cc2[N+](=O)[O-])c1C. The number of carbonyl (C=O) groups is 1. The van der Waals surface area contributed by atoms with Gasteiger partial charge in [0.05, 0.1) is 11.1 Å². The van der Waals surface area contributed by atoms with E-state index in [2.05, 4.69) is 10.2 Å². The lowest BCUT2D eigenvalue weighted by atomic mass is 10.2. The second kappa shape index (κ2) is 5.70. The van der Waals surface area contributed by atoms with Crippen molar-refractivity contribution in [1.82, 2.24) is 19.6 Å². The van der Waals surface area contributed by atoms with Crippen LogP contribution in [-0.4, -0.2) is 30.3 Å². The lowest BCUT2D eigenvalue weighted by Gasteiger charge is -1.98. The second-order valence-corrected chi connectivity index (χ2v) is 4.49. The minimum absolute atomic E-state index is 0.167. The van der Waals surface area contributed by atoms with Crippen LogP contribution in [0, 0.1) is 17.0 Å². The number of nitrogens with zero attached hydrogens (tertiary/aromatic N) is 5. The second-order valence-electron chi connectivity index (χ2n) is 4.49. The smallest absolute Gasteiger partial charge is 0.287 e. The highest BCUT2D eigenvalue weighted by Gasteiger charge is 2.23. The van der Waals surface area contributed by atoms with Crippen LogP contribution in [0.4, 0.5) is 5.69 Å². The molecule has 0 saturated heterocycles. The molecule has 0 fully saturated rings. The Bertz CT molecular complexity index is 726. The molecule has 0 N–H and O–H groups in total. The molecule has 0 spiro atoms. The van der Waals surface area contributed by atoms with Crippen LogP contribution in [0.15, 0.2) is 18.5 Å². The third-order valence-electron chi connectivity index (χ3n) is 3.09. The Morgan fingerprint density at radius 3 is 2.81 bits per heavy atom. The molecule has 0 bridgehead atoms. The molecule has 2 rings (SSSR count). The van der Waals surface area contributed by atoms with E-state index in [1.165, 1.54) is 24.0 Å². The summed E-state index contributed by atoms with van der Waals surface area (Å²) < 4.78 is 3.05. The van der Waals surface area contributed by atoms with Gasteiger partial charge in [0.25, 0.3) is 0 Å². The van der Waals surface area contributed by atoms with E-state index < -0.39 is 10.7 Å². The fourth-order valence-electron chi connectivity index (χ4n) is 1.97. The average Bonchev–Trinajstić information content (AvgIpc) is 2.99. The molecule has 0 saturated carbocycles. The topological polar surface area (TPSA) is 95.8 Å². The van der Waals surface area contributed by atoms with Gasteiger partial charge in [-0.15, -0.1) is 0 Å². The van der Waals surface area contributed by atoms with Gasteiger partial charge in [-0.3, -0.25) is 24.3 Å². The predicted molar refractivity (Wildman–Crippen MR) is 75.9 cm³/mol. The number of aryl methyl sites for hydroxylation is 2. The van der Waals surface area contributed by atoms with Crippen LogP contribution in [0.1, 0.15) is 28.7 Å². The molecule has 2 aromatic heterocycles. The molecule has 2 aromatic rings. The fraction of sp³-hybridized carbons (Fsp3) is 0.308. The summed E-state index contributed by atoms with van der Waals surface area (Å²) in [5.74, 6) is -0.508. The maximum absolute atomic E-state index is 12.0. The zero-order valence-electron chi connectivity index (χ0n) is 12.0. The number of aromatic nitrogens is 4. The Morgan fingerprint density at radius 1 is 1.52 bits per heavy atom. The summed E-state index contributed by atoms with van der Waals surface area (Å²) in [6.07, 6.45) is 5.73. The summed E-state index contributed by atoms with van der Waals surface area (Å²) in [4.78, 5) is 22.3. The molecule has 21 heavy (non-hydrogen) atoms. The lowest BCUT2D eigenvalue weighted by Crippen LogP contribution is -2.01. The predicted octanol–water partition coefficient (Wildman–Crippen LogP) is 1.75. The van der Waals surface area contributed by atoms with E-state index in [1.807, 2.05) is 13.8 Å². The number of rotatable bonds is 5. The van der Waals surface area contributed by atoms with Crippen molar-refractivity contribution in [3.63, 3.8) is 0 Å². The third kappa shape index (κ3) is 2.88. The van der Waals surface area contributed by atoms with Crippen LogP contribution in [0.3, 0.4) is 0 Å². The Morgan fingerprint density at radius 2 is 2.24 bits per heavy atom. The number of carbonyl (C=O) groups excluding carboxylic acids is 1. The van der Waals surface area contributed by atoms with Crippen LogP contribution < -0.4 is 0 Å². The van der Waals surface area contributed by atoms with E-state index in [0.717, 1.165) is 17.8 Å². The van der Waals surface area contributed by atoms with Crippen LogP contribution >= 0.6 is 0 Å². The molecule has 0 unspecified atom stereocenters. The van der Waals surface area contributed by atoms with Crippen molar-refractivity contribution >= 4 is 17.5 Å². The van der Waals surface area contributed by atoms with E-state index in [0.29, 0.717) is 0 Å². The molecular formula is C13H15N5O3. The van der Waals surface area contributed by atoms with Gasteiger partial charge >= 0.3 is 5.69 Å². The molecule has 0 atom stereocenters. The number of nitro groups is 1. The summed E-state index contributed by atoms with van der Waals surface area (Å²) in [5.41, 5.74) is 1.26. The van der Waals surface area contributed by atoms with Crippen molar-refractivity contribution in [3.8, 4) is 0 Å². The first-order valence-electron chi connectivity index (χ1n) is 6.37. The Kier molecular flexibility index (Phi) is 3.97. The van der Waals surface area contributed by atoms with E-state index in [1.54, 1.807) is 17.0 Å². The van der Waals surface area contributed by atoms with Gasteiger partial charge in [0, 0.05) is 24.8 Å². The van der Waals surface area contributed by atoms with E-state index in [9.17, 15) is 14.9 Å². The van der Waals surface area contributed by atoms with Gasteiger partial charge in [0.2, 0.25) is 11.5 Å². The molecule has 0 aliphatic heterocycles. The first-order chi connectivity index (χ1) is 9.93. The van der Waals surface area contributed by atoms with Crippen molar-refractivity contribution < 1.29 is 9.72 Å². The zero-order chi connectivity index (χ0) is 15.6. The lowest BCUT2D eigenvalue weighted by molar-refractivity contribution is -0.385. The van der Waals surface area contributed by atoms with E-state index in [-0.39, 0.29) is 11.4 Å². The number of allylic oxidation sites excluding steroid dienone is 1. The quantitative estimate of drug-likeness (QED) is 0.361. The molecule has 110 valence electrons. The number of hydrogen-bond acceptors (Lipinski definition) is 5. The van der Waals surface area contributed by atoms with Gasteiger partial charge in [-0.2, -0.15) is 10.2 Å². The standard InChI is InChI=1S/C13H15N5O3/c1-4-17-9(2)10(7-14-17)5-6-12(19)13-11(18(20)21)8-16(3)15-13/h5-8H,4H2,1-3H3/b6-5+. The zero-order valence-corrected chi connectivity index (χ0v) is 12.0. The molecule has 8 nitrogen and oxygen atoms in total. The first-order valence-corrected chi connectivity index (χ1v) is 6.37. The molecular weight excluding hydrogens is 274 g/mol. The normalized spacial score (nSPS) is 11.2. The minimum atomic E-state index is -0.617. The maximum Gasteiger partial charge on any atom is 0.318 e. The highest BCUT2D eigenvalue weighted by Crippen LogP contribution is 2.18. The monoisotopic (exact) mass is 289 g/mol. The van der Waals surface area contributed by atoms with Crippen LogP contribution in [0.5, 0.6) is 0 Å². The molecule has 0 amide bonds. The highest BCUT2D eigenvalue weighted by atomic mass is 16.6. The van der Waals surface area contributed by atoms with Crippen LogP contribution in [0.25, 0.3) is 6.08 Å². The van der Waals surface area contributed by atoms with Gasteiger partial charge in [-0.05, 0) is 26.0 Å². The summed E-state index contributed by atoms with van der Waals surface area (Å²) in [5, 5.41) is 18.9. The molecule has 0 aliphatic carbocycles. The van der Waals surface area contributed by atoms with Gasteiger partial charge < -0.3 is 0 Å². The highest BCUT2D eigenvalue weighted by molar-refractivity contribution is 6.08. The van der Waals surface area contributed by atoms with E-state index in [4.69, 9.17) is 0 Å². The molecule has 8 heteroatoms. The van der Waals surface area contributed by atoms with Gasteiger partial charge in [0.15, 0.2) is 0 Å². The van der Waals surface area contributed by atoms with Crippen LogP contribution in [-0.2, 0) is 13.6 Å². The molecule has 0 aliphatic rings. The van der Waals surface area contributed by atoms with Crippen molar-refractivity contribution in [2.75, 3.05) is 0 Å². The summed E-state index contributed by atoms with van der Waals surface area (Å²) in [7, 11) is 1.53. The van der Waals surface area contributed by atoms with Gasteiger partial charge in [-0.25, -0.2) is 0 Å². The fourth-order valence-corrected chi connectivity index (χ4v) is 1.97.